The first-order valence-corrected chi connectivity index (χ1v) is 10.6. The molecule has 2 aliphatic heterocycles. The molecule has 3 heterocycles. The average Bonchev–Trinajstić information content (AvgIpc) is 3.39. The van der Waals surface area contributed by atoms with E-state index in [1.807, 2.05) is 32.0 Å². The Morgan fingerprint density at radius 2 is 2.19 bits per heavy atom. The van der Waals surface area contributed by atoms with Crippen LogP contribution in [0.4, 0.5) is 11.4 Å². The van der Waals surface area contributed by atoms with Crippen LogP contribution in [0.2, 0.25) is 0 Å². The molecule has 0 saturated carbocycles. The molecule has 0 spiro atoms. The van der Waals surface area contributed by atoms with Crippen molar-refractivity contribution in [3.05, 3.63) is 35.7 Å². The molecule has 1 aromatic heterocycles. The van der Waals surface area contributed by atoms with Gasteiger partial charge in [0.25, 0.3) is 5.91 Å². The molecule has 10 heteroatoms. The molecule has 3 amide bonds. The zero-order valence-electron chi connectivity index (χ0n) is 17.6. The fraction of sp³-hybridized carbons (Fsp3) is 0.476. The van der Waals surface area contributed by atoms with Gasteiger partial charge in [-0.15, -0.1) is 5.10 Å². The van der Waals surface area contributed by atoms with Gasteiger partial charge in [-0.05, 0) is 17.5 Å². The van der Waals surface area contributed by atoms with Gasteiger partial charge in [0.15, 0.2) is 0 Å². The molecule has 31 heavy (non-hydrogen) atoms. The Morgan fingerprint density at radius 3 is 2.94 bits per heavy atom. The number of H-pyrrole nitrogens is 1. The monoisotopic (exact) mass is 425 g/mol. The second kappa shape index (κ2) is 8.75. The fourth-order valence-corrected chi connectivity index (χ4v) is 4.01. The summed E-state index contributed by atoms with van der Waals surface area (Å²) in [5, 5.41) is 19.1. The SMILES string of the molecule is CC[C@H](C)CC(=O)N[C@H]1CNc2cccc3c2N(C1=O)[C@H](C(=O)NCc1c[nH]nn1)C3. The van der Waals surface area contributed by atoms with Crippen LogP contribution in [0.5, 0.6) is 0 Å². The second-order valence-electron chi connectivity index (χ2n) is 8.14. The summed E-state index contributed by atoms with van der Waals surface area (Å²) in [5.74, 6) is -0.480. The minimum atomic E-state index is -0.749. The summed E-state index contributed by atoms with van der Waals surface area (Å²) in [6.45, 7) is 4.52. The van der Waals surface area contributed by atoms with E-state index in [2.05, 4.69) is 31.4 Å². The van der Waals surface area contributed by atoms with Gasteiger partial charge in [0, 0.05) is 25.6 Å². The maximum absolute atomic E-state index is 13.5. The van der Waals surface area contributed by atoms with Crippen molar-refractivity contribution in [1.29, 1.82) is 0 Å². The maximum atomic E-state index is 13.5. The number of hydrogen-bond acceptors (Lipinski definition) is 6. The Balaban J connectivity index is 1.55. The molecular formula is C21H27N7O3. The first-order valence-electron chi connectivity index (χ1n) is 10.6. The summed E-state index contributed by atoms with van der Waals surface area (Å²) in [5.41, 5.74) is 3.03. The zero-order valence-corrected chi connectivity index (χ0v) is 17.6. The number of benzene rings is 1. The van der Waals surface area contributed by atoms with Crippen LogP contribution in [-0.2, 0) is 27.3 Å². The lowest BCUT2D eigenvalue weighted by Gasteiger charge is -2.27. The summed E-state index contributed by atoms with van der Waals surface area (Å²) < 4.78 is 0. The van der Waals surface area contributed by atoms with E-state index >= 15 is 0 Å². The van der Waals surface area contributed by atoms with Crippen LogP contribution in [0.1, 0.15) is 37.9 Å². The molecule has 10 nitrogen and oxygen atoms in total. The van der Waals surface area contributed by atoms with Crippen molar-refractivity contribution in [3.8, 4) is 0 Å². The first kappa shape index (κ1) is 20.8. The van der Waals surface area contributed by atoms with Gasteiger partial charge < -0.3 is 16.0 Å². The minimum absolute atomic E-state index is 0.160. The number of nitrogens with zero attached hydrogens (tertiary/aromatic N) is 3. The number of carbonyl (C=O) groups excluding carboxylic acids is 3. The molecule has 0 saturated heterocycles. The third kappa shape index (κ3) is 4.23. The molecule has 0 unspecified atom stereocenters. The van der Waals surface area contributed by atoms with Crippen molar-refractivity contribution in [3.63, 3.8) is 0 Å². The molecule has 0 fully saturated rings. The van der Waals surface area contributed by atoms with E-state index < -0.39 is 12.1 Å². The van der Waals surface area contributed by atoms with Crippen LogP contribution in [0, 0.1) is 5.92 Å². The summed E-state index contributed by atoms with van der Waals surface area (Å²) in [6, 6.07) is 4.28. The van der Waals surface area contributed by atoms with E-state index in [0.717, 1.165) is 17.7 Å². The number of carbonyl (C=O) groups is 3. The zero-order chi connectivity index (χ0) is 22.0. The number of rotatable bonds is 7. The van der Waals surface area contributed by atoms with Crippen LogP contribution in [0.25, 0.3) is 0 Å². The normalized spacial score (nSPS) is 20.5. The fourth-order valence-electron chi connectivity index (χ4n) is 4.01. The largest absolute Gasteiger partial charge is 0.381 e. The number of para-hydroxylation sites is 1. The summed E-state index contributed by atoms with van der Waals surface area (Å²) in [7, 11) is 0. The second-order valence-corrected chi connectivity index (χ2v) is 8.14. The van der Waals surface area contributed by atoms with Crippen LogP contribution >= 0.6 is 0 Å². The van der Waals surface area contributed by atoms with E-state index in [9.17, 15) is 14.4 Å². The van der Waals surface area contributed by atoms with E-state index in [1.165, 1.54) is 4.90 Å². The lowest BCUT2D eigenvalue weighted by Crippen LogP contribution is -2.55. The smallest absolute Gasteiger partial charge is 0.252 e. The van der Waals surface area contributed by atoms with E-state index in [4.69, 9.17) is 0 Å². The Bertz CT molecular complexity index is 975. The van der Waals surface area contributed by atoms with Crippen molar-refractivity contribution < 1.29 is 14.4 Å². The number of hydrogen-bond donors (Lipinski definition) is 4. The van der Waals surface area contributed by atoms with Crippen molar-refractivity contribution in [2.24, 2.45) is 5.92 Å². The predicted molar refractivity (Wildman–Crippen MR) is 114 cm³/mol. The Labute approximate surface area is 180 Å². The molecule has 1 aromatic carbocycles. The molecule has 2 aromatic rings. The number of aromatic nitrogens is 3. The van der Waals surface area contributed by atoms with E-state index in [-0.39, 0.29) is 36.7 Å². The van der Waals surface area contributed by atoms with Crippen LogP contribution in [-0.4, -0.2) is 51.8 Å². The molecule has 2 aliphatic rings. The molecule has 0 radical (unpaired) electrons. The predicted octanol–water partition coefficient (Wildman–Crippen LogP) is 0.725. The highest BCUT2D eigenvalue weighted by Crippen LogP contribution is 2.40. The van der Waals surface area contributed by atoms with Crippen LogP contribution < -0.4 is 20.9 Å². The Kier molecular flexibility index (Phi) is 5.88. The van der Waals surface area contributed by atoms with Gasteiger partial charge in [0.2, 0.25) is 11.8 Å². The van der Waals surface area contributed by atoms with Gasteiger partial charge in [0.1, 0.15) is 17.8 Å². The first-order chi connectivity index (χ1) is 15.0. The highest BCUT2D eigenvalue weighted by molar-refractivity contribution is 6.10. The van der Waals surface area contributed by atoms with Gasteiger partial charge in [-0.3, -0.25) is 24.4 Å². The van der Waals surface area contributed by atoms with Gasteiger partial charge in [-0.1, -0.05) is 37.6 Å². The average molecular weight is 425 g/mol. The third-order valence-electron chi connectivity index (χ3n) is 5.90. The van der Waals surface area contributed by atoms with Crippen molar-refractivity contribution >= 4 is 29.1 Å². The summed E-state index contributed by atoms with van der Waals surface area (Å²) in [4.78, 5) is 40.5. The van der Waals surface area contributed by atoms with E-state index in [1.54, 1.807) is 6.20 Å². The lowest BCUT2D eigenvalue weighted by molar-refractivity contribution is -0.129. The maximum Gasteiger partial charge on any atom is 0.252 e. The van der Waals surface area contributed by atoms with Gasteiger partial charge in [0.05, 0.1) is 17.9 Å². The molecule has 0 aliphatic carbocycles. The quantitative estimate of drug-likeness (QED) is 0.517. The van der Waals surface area contributed by atoms with Crippen LogP contribution in [0.3, 0.4) is 0 Å². The highest BCUT2D eigenvalue weighted by atomic mass is 16.2. The molecule has 0 bridgehead atoms. The minimum Gasteiger partial charge on any atom is -0.381 e. The van der Waals surface area contributed by atoms with Gasteiger partial charge >= 0.3 is 0 Å². The topological polar surface area (TPSA) is 132 Å². The lowest BCUT2D eigenvalue weighted by atomic mass is 10.0. The third-order valence-corrected chi connectivity index (χ3v) is 5.90. The number of aromatic amines is 1. The molecule has 4 N–H and O–H groups in total. The molecule has 4 rings (SSSR count). The van der Waals surface area contributed by atoms with Crippen molar-refractivity contribution in [2.75, 3.05) is 16.8 Å². The van der Waals surface area contributed by atoms with Gasteiger partial charge in [-0.2, -0.15) is 0 Å². The summed E-state index contributed by atoms with van der Waals surface area (Å²) >= 11 is 0. The summed E-state index contributed by atoms with van der Waals surface area (Å²) in [6.07, 6.45) is 3.26. The highest BCUT2D eigenvalue weighted by Gasteiger charge is 2.44. The van der Waals surface area contributed by atoms with Crippen molar-refractivity contribution in [1.82, 2.24) is 26.0 Å². The molecule has 3 atom stereocenters. The number of nitrogens with one attached hydrogen (secondary N) is 4. The number of amides is 3. The number of anilines is 2. The standard InChI is InChI=1S/C21H27N7O3/c1-3-12(2)7-18(29)25-16-11-22-15-6-4-5-13-8-17(28(19(13)15)21(16)31)20(30)23-9-14-10-24-27-26-14/h4-6,10,12,16-17,22H,3,7-9,11H2,1-2H3,(H,23,30)(H,25,29)(H,24,26,27)/t12-,16-,17-/m0/s1. The Morgan fingerprint density at radius 1 is 1.35 bits per heavy atom. The molecular weight excluding hydrogens is 398 g/mol. The molecule has 164 valence electrons. The van der Waals surface area contributed by atoms with Crippen LogP contribution in [0.15, 0.2) is 24.4 Å². The Hall–Kier alpha value is -3.43. The van der Waals surface area contributed by atoms with Crippen molar-refractivity contribution in [2.45, 2.75) is 51.7 Å². The van der Waals surface area contributed by atoms with E-state index in [0.29, 0.717) is 24.2 Å². The van der Waals surface area contributed by atoms with Gasteiger partial charge in [-0.25, -0.2) is 0 Å².